The zero-order valence-corrected chi connectivity index (χ0v) is 17.2. The van der Waals surface area contributed by atoms with Crippen LogP contribution in [0.15, 0.2) is 48.5 Å². The van der Waals surface area contributed by atoms with Gasteiger partial charge in [0.2, 0.25) is 0 Å². The first-order valence-corrected chi connectivity index (χ1v) is 10.5. The Hall–Kier alpha value is -1.61. The zero-order chi connectivity index (χ0) is 19.2. The lowest BCUT2D eigenvalue weighted by Crippen LogP contribution is -2.30. The molecule has 3 aromatic rings. The van der Waals surface area contributed by atoms with Crippen molar-refractivity contribution >= 4 is 33.1 Å². The number of hydrogen-bond acceptors (Lipinski definition) is 2. The average molecular weight is 384 g/mol. The Bertz CT molecular complexity index is 884. The predicted molar refractivity (Wildman–Crippen MR) is 118 cm³/mol. The molecule has 27 heavy (non-hydrogen) atoms. The van der Waals surface area contributed by atoms with E-state index in [4.69, 9.17) is 11.6 Å². The van der Waals surface area contributed by atoms with Crippen LogP contribution in [-0.2, 0) is 0 Å². The first kappa shape index (κ1) is 20.1. The maximum absolute atomic E-state index is 11.2. The van der Waals surface area contributed by atoms with E-state index in [1.54, 1.807) is 0 Å². The predicted octanol–water partition coefficient (Wildman–Crippen LogP) is 6.58. The topological polar surface area (TPSA) is 23.5 Å². The minimum atomic E-state index is -0.524. The highest BCUT2D eigenvalue weighted by Crippen LogP contribution is 2.35. The van der Waals surface area contributed by atoms with Gasteiger partial charge in [-0.15, -0.1) is 0 Å². The zero-order valence-electron chi connectivity index (χ0n) is 16.4. The van der Waals surface area contributed by atoms with Gasteiger partial charge in [0.25, 0.3) is 0 Å². The molecule has 0 fully saturated rings. The van der Waals surface area contributed by atoms with Gasteiger partial charge in [-0.1, -0.05) is 80.8 Å². The van der Waals surface area contributed by atoms with Crippen molar-refractivity contribution in [1.82, 2.24) is 4.90 Å². The highest BCUT2D eigenvalue weighted by Gasteiger charge is 2.17. The van der Waals surface area contributed by atoms with Crippen molar-refractivity contribution in [1.29, 1.82) is 0 Å². The first-order valence-electron chi connectivity index (χ1n) is 10.2. The van der Waals surface area contributed by atoms with E-state index in [-0.39, 0.29) is 0 Å². The van der Waals surface area contributed by atoms with Crippen LogP contribution in [0.4, 0.5) is 0 Å². The number of hydrogen-bond donors (Lipinski definition) is 1. The number of aliphatic hydroxyl groups is 1. The van der Waals surface area contributed by atoms with Crippen LogP contribution in [0.3, 0.4) is 0 Å². The molecule has 0 spiro atoms. The van der Waals surface area contributed by atoms with Crippen molar-refractivity contribution in [3.63, 3.8) is 0 Å². The number of aliphatic hydroxyl groups excluding tert-OH is 1. The normalized spacial score (nSPS) is 12.9. The van der Waals surface area contributed by atoms with E-state index < -0.39 is 6.10 Å². The van der Waals surface area contributed by atoms with Crippen LogP contribution < -0.4 is 0 Å². The summed E-state index contributed by atoms with van der Waals surface area (Å²) in [6.45, 7) is 7.18. The Balaban J connectivity index is 1.99. The molecule has 1 N–H and O–H groups in total. The molecule has 0 amide bonds. The molecule has 0 aromatic heterocycles. The summed E-state index contributed by atoms with van der Waals surface area (Å²) in [6.07, 6.45) is 4.16. The molecule has 1 atom stereocenters. The summed E-state index contributed by atoms with van der Waals surface area (Å²) in [4.78, 5) is 2.41. The standard InChI is InChI=1S/C24H30ClNO/c1-3-5-15-26(16-6-4-2)17-22(27)20-11-7-9-18-13-14-19-10-8-12-21(25)24(19)23(18)20/h7-14,22,27H,3-6,15-17H2,1-2H3. The van der Waals surface area contributed by atoms with Gasteiger partial charge < -0.3 is 10.0 Å². The second-order valence-electron chi connectivity index (χ2n) is 7.37. The summed E-state index contributed by atoms with van der Waals surface area (Å²) in [5.74, 6) is 0. The molecule has 0 saturated carbocycles. The summed E-state index contributed by atoms with van der Waals surface area (Å²) in [6, 6.07) is 16.4. The number of benzene rings is 3. The molecule has 144 valence electrons. The summed E-state index contributed by atoms with van der Waals surface area (Å²) in [5, 5.41) is 16.3. The van der Waals surface area contributed by atoms with E-state index in [1.807, 2.05) is 24.3 Å². The highest BCUT2D eigenvalue weighted by atomic mass is 35.5. The van der Waals surface area contributed by atoms with Gasteiger partial charge in [0.1, 0.15) is 0 Å². The van der Waals surface area contributed by atoms with Crippen molar-refractivity contribution in [3.8, 4) is 0 Å². The van der Waals surface area contributed by atoms with E-state index in [2.05, 4.69) is 43.0 Å². The number of rotatable bonds is 9. The fourth-order valence-electron chi connectivity index (χ4n) is 3.82. The molecule has 1 unspecified atom stereocenters. The minimum absolute atomic E-state index is 0.524. The smallest absolute Gasteiger partial charge is 0.0923 e. The van der Waals surface area contributed by atoms with Gasteiger partial charge in [-0.3, -0.25) is 0 Å². The molecule has 0 radical (unpaired) electrons. The molecule has 0 heterocycles. The highest BCUT2D eigenvalue weighted by molar-refractivity contribution is 6.38. The Morgan fingerprint density at radius 3 is 2.07 bits per heavy atom. The van der Waals surface area contributed by atoms with Crippen molar-refractivity contribution in [2.45, 2.75) is 45.6 Å². The fourth-order valence-corrected chi connectivity index (χ4v) is 4.09. The van der Waals surface area contributed by atoms with Crippen molar-refractivity contribution in [2.24, 2.45) is 0 Å². The Morgan fingerprint density at radius 1 is 0.852 bits per heavy atom. The summed E-state index contributed by atoms with van der Waals surface area (Å²) < 4.78 is 0. The van der Waals surface area contributed by atoms with Crippen molar-refractivity contribution < 1.29 is 5.11 Å². The van der Waals surface area contributed by atoms with Crippen molar-refractivity contribution in [3.05, 3.63) is 59.1 Å². The van der Waals surface area contributed by atoms with Crippen LogP contribution in [0.25, 0.3) is 21.5 Å². The van der Waals surface area contributed by atoms with E-state index >= 15 is 0 Å². The Labute approximate surface area is 167 Å². The van der Waals surface area contributed by atoms with Crippen molar-refractivity contribution in [2.75, 3.05) is 19.6 Å². The lowest BCUT2D eigenvalue weighted by atomic mass is 9.94. The van der Waals surface area contributed by atoms with Crippen LogP contribution in [0.2, 0.25) is 5.02 Å². The lowest BCUT2D eigenvalue weighted by molar-refractivity contribution is 0.112. The number of fused-ring (bicyclic) bond motifs is 3. The van der Waals surface area contributed by atoms with Crippen LogP contribution >= 0.6 is 11.6 Å². The summed E-state index contributed by atoms with van der Waals surface area (Å²) in [5.41, 5.74) is 0.976. The minimum Gasteiger partial charge on any atom is -0.387 e. The summed E-state index contributed by atoms with van der Waals surface area (Å²) in [7, 11) is 0. The molecule has 2 nitrogen and oxygen atoms in total. The van der Waals surface area contributed by atoms with E-state index in [1.165, 1.54) is 25.7 Å². The molecule has 0 aliphatic rings. The second kappa shape index (κ2) is 9.54. The van der Waals surface area contributed by atoms with E-state index in [0.29, 0.717) is 6.54 Å². The Kier molecular flexibility index (Phi) is 7.12. The monoisotopic (exact) mass is 383 g/mol. The van der Waals surface area contributed by atoms with Gasteiger partial charge in [0.15, 0.2) is 0 Å². The first-order chi connectivity index (χ1) is 13.2. The third-order valence-electron chi connectivity index (χ3n) is 5.31. The van der Waals surface area contributed by atoms with Crippen LogP contribution in [0.1, 0.15) is 51.2 Å². The van der Waals surface area contributed by atoms with Crippen LogP contribution in [0.5, 0.6) is 0 Å². The van der Waals surface area contributed by atoms with E-state index in [0.717, 1.165) is 45.2 Å². The van der Waals surface area contributed by atoms with Gasteiger partial charge in [0, 0.05) is 17.0 Å². The SMILES string of the molecule is CCCCN(CCCC)CC(O)c1cccc2ccc3cccc(Cl)c3c12. The molecule has 3 heteroatoms. The number of halogens is 1. The lowest BCUT2D eigenvalue weighted by Gasteiger charge is -2.26. The largest absolute Gasteiger partial charge is 0.387 e. The van der Waals surface area contributed by atoms with Gasteiger partial charge in [-0.25, -0.2) is 0 Å². The van der Waals surface area contributed by atoms with Crippen LogP contribution in [0, 0.1) is 0 Å². The van der Waals surface area contributed by atoms with Gasteiger partial charge >= 0.3 is 0 Å². The third kappa shape index (κ3) is 4.63. The molecule has 0 bridgehead atoms. The molecule has 3 rings (SSSR count). The molecule has 0 aliphatic carbocycles. The number of unbranched alkanes of at least 4 members (excludes halogenated alkanes) is 2. The van der Waals surface area contributed by atoms with E-state index in [9.17, 15) is 5.11 Å². The molecule has 0 aliphatic heterocycles. The van der Waals surface area contributed by atoms with Gasteiger partial charge in [-0.05, 0) is 53.7 Å². The van der Waals surface area contributed by atoms with Crippen LogP contribution in [-0.4, -0.2) is 29.6 Å². The molecular weight excluding hydrogens is 354 g/mol. The maximum Gasteiger partial charge on any atom is 0.0923 e. The average Bonchev–Trinajstić information content (AvgIpc) is 2.69. The summed E-state index contributed by atoms with van der Waals surface area (Å²) >= 11 is 6.56. The van der Waals surface area contributed by atoms with Gasteiger partial charge in [-0.2, -0.15) is 0 Å². The second-order valence-corrected chi connectivity index (χ2v) is 7.78. The molecule has 3 aromatic carbocycles. The maximum atomic E-state index is 11.2. The quantitative estimate of drug-likeness (QED) is 0.421. The Morgan fingerprint density at radius 2 is 1.44 bits per heavy atom. The molecule has 0 saturated heterocycles. The van der Waals surface area contributed by atoms with Gasteiger partial charge in [0.05, 0.1) is 6.10 Å². The number of nitrogens with zero attached hydrogens (tertiary/aromatic N) is 1. The molecular formula is C24H30ClNO. The third-order valence-corrected chi connectivity index (χ3v) is 5.63. The fraction of sp³-hybridized carbons (Fsp3) is 0.417.